The molecule has 0 aromatic carbocycles. The first-order chi connectivity index (χ1) is 11.9. The fourth-order valence-corrected chi connectivity index (χ4v) is 1.96. The summed E-state index contributed by atoms with van der Waals surface area (Å²) in [6.45, 7) is 6.30. The van der Waals surface area contributed by atoms with Gasteiger partial charge in [-0.2, -0.15) is 4.73 Å². The first-order valence-electron chi connectivity index (χ1n) is 7.68. The van der Waals surface area contributed by atoms with Crippen molar-refractivity contribution in [2.75, 3.05) is 13.1 Å². The minimum atomic E-state index is -0.739. The number of hydrogen-bond acceptors (Lipinski definition) is 6. The van der Waals surface area contributed by atoms with Crippen molar-refractivity contribution in [3.63, 3.8) is 0 Å². The SMILES string of the molecule is C=CN=C(N)/C(=C\C)NCCCCNC(=O)c1cc(=O)c(O)cn1O. The van der Waals surface area contributed by atoms with Crippen LogP contribution in [0.4, 0.5) is 0 Å². The number of hydrogen-bond donors (Lipinski definition) is 5. The van der Waals surface area contributed by atoms with Gasteiger partial charge in [-0.05, 0) is 19.8 Å². The molecule has 1 rings (SSSR count). The Morgan fingerprint density at radius 2 is 2.04 bits per heavy atom. The maximum atomic E-state index is 11.9. The van der Waals surface area contributed by atoms with Crippen LogP contribution >= 0.6 is 0 Å². The second-order valence-corrected chi connectivity index (χ2v) is 5.04. The van der Waals surface area contributed by atoms with Crippen molar-refractivity contribution >= 4 is 11.7 Å². The summed E-state index contributed by atoms with van der Waals surface area (Å²) in [6, 6.07) is 0.867. The number of amides is 1. The van der Waals surface area contributed by atoms with Crippen LogP contribution in [0.15, 0.2) is 46.6 Å². The lowest BCUT2D eigenvalue weighted by Crippen LogP contribution is -2.30. The molecule has 0 spiro atoms. The highest BCUT2D eigenvalue weighted by Gasteiger charge is 2.12. The number of amidine groups is 1. The zero-order chi connectivity index (χ0) is 18.8. The topological polar surface area (TPSA) is 142 Å². The third-order valence-corrected chi connectivity index (χ3v) is 3.24. The van der Waals surface area contributed by atoms with Gasteiger partial charge in [0.05, 0.1) is 11.9 Å². The van der Waals surface area contributed by atoms with Gasteiger partial charge in [0.25, 0.3) is 5.91 Å². The second-order valence-electron chi connectivity index (χ2n) is 5.04. The number of rotatable bonds is 9. The van der Waals surface area contributed by atoms with Crippen molar-refractivity contribution < 1.29 is 15.1 Å². The summed E-state index contributed by atoms with van der Waals surface area (Å²) in [6.07, 6.45) is 5.35. The quantitative estimate of drug-likeness (QED) is 0.188. The zero-order valence-electron chi connectivity index (χ0n) is 14.0. The van der Waals surface area contributed by atoms with E-state index >= 15 is 0 Å². The molecule has 0 unspecified atom stereocenters. The molecule has 0 aliphatic rings. The van der Waals surface area contributed by atoms with E-state index < -0.39 is 17.1 Å². The Kier molecular flexibility index (Phi) is 7.77. The fourth-order valence-electron chi connectivity index (χ4n) is 1.96. The molecule has 1 aromatic heterocycles. The first kappa shape index (κ1) is 19.8. The first-order valence-corrected chi connectivity index (χ1v) is 7.68. The molecular weight excluding hydrogens is 326 g/mol. The van der Waals surface area contributed by atoms with Crippen LogP contribution in [0.2, 0.25) is 0 Å². The summed E-state index contributed by atoms with van der Waals surface area (Å²) < 4.78 is 0.410. The van der Waals surface area contributed by atoms with E-state index in [1.807, 2.05) is 6.92 Å². The predicted octanol–water partition coefficient (Wildman–Crippen LogP) is 0.295. The monoisotopic (exact) mass is 349 g/mol. The molecule has 0 fully saturated rings. The number of aromatic nitrogens is 1. The number of carbonyl (C=O) groups excluding carboxylic acids is 1. The van der Waals surface area contributed by atoms with Gasteiger partial charge < -0.3 is 26.7 Å². The Labute approximate surface area is 145 Å². The number of carbonyl (C=O) groups is 1. The van der Waals surface area contributed by atoms with E-state index in [1.54, 1.807) is 6.08 Å². The third kappa shape index (κ3) is 6.05. The molecule has 0 saturated heterocycles. The number of aliphatic imine (C=N–C) groups is 1. The highest BCUT2D eigenvalue weighted by Crippen LogP contribution is 2.02. The van der Waals surface area contributed by atoms with Gasteiger partial charge in [-0.3, -0.25) is 9.59 Å². The summed E-state index contributed by atoms with van der Waals surface area (Å²) in [5.74, 6) is -0.896. The van der Waals surface area contributed by atoms with Crippen LogP contribution in [0.1, 0.15) is 30.3 Å². The van der Waals surface area contributed by atoms with Crippen LogP contribution in [0.5, 0.6) is 5.75 Å². The maximum Gasteiger partial charge on any atom is 0.271 e. The number of nitrogens with one attached hydrogen (secondary N) is 2. The standard InChI is InChI=1S/C16H23N5O4/c1-3-11(15(17)18-4-2)19-7-5-6-8-20-16(24)12-9-13(22)14(23)10-21(12)25/h3-4,9-10,19,23,25H,2,5-8H2,1H3,(H2,17,18)(H,20,24)/b11-3+. The predicted molar refractivity (Wildman–Crippen MR) is 94.7 cm³/mol. The van der Waals surface area contributed by atoms with E-state index in [0.29, 0.717) is 35.8 Å². The largest absolute Gasteiger partial charge is 0.503 e. The number of pyridine rings is 1. The molecule has 136 valence electrons. The van der Waals surface area contributed by atoms with Gasteiger partial charge in [0.15, 0.2) is 5.75 Å². The van der Waals surface area contributed by atoms with E-state index in [9.17, 15) is 14.8 Å². The molecule has 25 heavy (non-hydrogen) atoms. The molecule has 1 heterocycles. The van der Waals surface area contributed by atoms with Gasteiger partial charge in [-0.25, -0.2) is 4.99 Å². The zero-order valence-corrected chi connectivity index (χ0v) is 14.0. The maximum absolute atomic E-state index is 11.9. The second kappa shape index (κ2) is 9.81. The third-order valence-electron chi connectivity index (χ3n) is 3.24. The number of unbranched alkanes of at least 4 members (excludes halogenated alkanes) is 1. The smallest absolute Gasteiger partial charge is 0.271 e. The molecular formula is C16H23N5O4. The molecule has 9 nitrogen and oxygen atoms in total. The number of aromatic hydroxyl groups is 1. The normalized spacial score (nSPS) is 11.9. The minimum Gasteiger partial charge on any atom is -0.503 e. The van der Waals surface area contributed by atoms with Crippen molar-refractivity contribution in [1.29, 1.82) is 0 Å². The highest BCUT2D eigenvalue weighted by molar-refractivity contribution is 5.96. The minimum absolute atomic E-state index is 0.245. The summed E-state index contributed by atoms with van der Waals surface area (Å²) in [4.78, 5) is 27.1. The van der Waals surface area contributed by atoms with E-state index in [1.165, 1.54) is 6.20 Å². The average molecular weight is 349 g/mol. The Balaban J connectivity index is 2.38. The summed E-state index contributed by atoms with van der Waals surface area (Å²) in [5.41, 5.74) is 5.47. The van der Waals surface area contributed by atoms with Crippen molar-refractivity contribution in [3.05, 3.63) is 52.7 Å². The van der Waals surface area contributed by atoms with Crippen LogP contribution in [0.3, 0.4) is 0 Å². The van der Waals surface area contributed by atoms with Crippen molar-refractivity contribution in [2.24, 2.45) is 10.7 Å². The molecule has 1 amide bonds. The average Bonchev–Trinajstić information content (AvgIpc) is 2.57. The van der Waals surface area contributed by atoms with E-state index in [2.05, 4.69) is 22.2 Å². The van der Waals surface area contributed by atoms with E-state index in [4.69, 9.17) is 10.8 Å². The van der Waals surface area contributed by atoms with E-state index in [0.717, 1.165) is 18.7 Å². The molecule has 0 bridgehead atoms. The molecule has 9 heteroatoms. The number of nitrogens with zero attached hydrogens (tertiary/aromatic N) is 2. The number of nitrogens with two attached hydrogens (primary N) is 1. The van der Waals surface area contributed by atoms with Crippen LogP contribution in [-0.4, -0.2) is 39.9 Å². The highest BCUT2D eigenvalue weighted by atomic mass is 16.5. The van der Waals surface area contributed by atoms with Gasteiger partial charge in [-0.1, -0.05) is 12.7 Å². The molecule has 0 aliphatic heterocycles. The molecule has 0 atom stereocenters. The molecule has 0 aliphatic carbocycles. The molecule has 6 N–H and O–H groups in total. The van der Waals surface area contributed by atoms with Gasteiger partial charge in [-0.15, -0.1) is 0 Å². The summed E-state index contributed by atoms with van der Waals surface area (Å²) in [5, 5.41) is 24.4. The van der Waals surface area contributed by atoms with E-state index in [-0.39, 0.29) is 5.69 Å². The van der Waals surface area contributed by atoms with Crippen molar-refractivity contribution in [2.45, 2.75) is 19.8 Å². The van der Waals surface area contributed by atoms with Gasteiger partial charge in [0.1, 0.15) is 11.5 Å². The van der Waals surface area contributed by atoms with Crippen LogP contribution in [0, 0.1) is 0 Å². The molecule has 0 saturated carbocycles. The lowest BCUT2D eigenvalue weighted by Gasteiger charge is -2.10. The Hall–Kier alpha value is -3.23. The Morgan fingerprint density at radius 1 is 1.40 bits per heavy atom. The van der Waals surface area contributed by atoms with Crippen molar-refractivity contribution in [3.8, 4) is 5.75 Å². The van der Waals surface area contributed by atoms with Gasteiger partial charge in [0, 0.05) is 25.4 Å². The lowest BCUT2D eigenvalue weighted by atomic mass is 10.2. The Bertz CT molecular complexity index is 737. The number of allylic oxidation sites excluding steroid dienone is 1. The van der Waals surface area contributed by atoms with Crippen molar-refractivity contribution in [1.82, 2.24) is 15.4 Å². The lowest BCUT2D eigenvalue weighted by molar-refractivity contribution is 0.0896. The van der Waals surface area contributed by atoms with Gasteiger partial charge in [0.2, 0.25) is 5.43 Å². The molecule has 1 aromatic rings. The summed E-state index contributed by atoms with van der Waals surface area (Å²) >= 11 is 0. The molecule has 0 radical (unpaired) electrons. The van der Waals surface area contributed by atoms with Gasteiger partial charge >= 0.3 is 0 Å². The fraction of sp³-hybridized carbons (Fsp3) is 0.312. The van der Waals surface area contributed by atoms with Crippen LogP contribution in [0.25, 0.3) is 0 Å². The Morgan fingerprint density at radius 3 is 2.64 bits per heavy atom. The van der Waals surface area contributed by atoms with Crippen LogP contribution in [-0.2, 0) is 0 Å². The summed E-state index contributed by atoms with van der Waals surface area (Å²) in [7, 11) is 0. The van der Waals surface area contributed by atoms with Crippen LogP contribution < -0.4 is 21.8 Å².